The topological polar surface area (TPSA) is 45.8 Å². The minimum Gasteiger partial charge on any atom is -0.310 e. The zero-order valence-electron chi connectivity index (χ0n) is 10.7. The lowest BCUT2D eigenvalue weighted by molar-refractivity contribution is 0.884. The molecule has 0 spiro atoms. The molecule has 2 aromatic rings. The lowest BCUT2D eigenvalue weighted by Crippen LogP contribution is -2.22. The van der Waals surface area contributed by atoms with Gasteiger partial charge in [-0.25, -0.2) is 4.98 Å². The predicted octanol–water partition coefficient (Wildman–Crippen LogP) is 3.50. The van der Waals surface area contributed by atoms with Crippen LogP contribution >= 0.6 is 35.1 Å². The molecule has 0 bridgehead atoms. The van der Waals surface area contributed by atoms with Crippen molar-refractivity contribution in [1.29, 1.82) is 0 Å². The Hall–Kier alpha value is -0.910. The van der Waals surface area contributed by atoms with E-state index >= 15 is 0 Å². The van der Waals surface area contributed by atoms with Crippen molar-refractivity contribution < 1.29 is 0 Å². The number of fused-ring (bicyclic) bond motifs is 1. The molecule has 20 heavy (non-hydrogen) atoms. The van der Waals surface area contributed by atoms with E-state index in [2.05, 4.69) is 9.97 Å². The lowest BCUT2D eigenvalue weighted by atomic mass is 10.2. The van der Waals surface area contributed by atoms with Crippen molar-refractivity contribution in [3.05, 3.63) is 56.7 Å². The fourth-order valence-corrected chi connectivity index (χ4v) is 3.92. The van der Waals surface area contributed by atoms with Gasteiger partial charge >= 0.3 is 0 Å². The maximum Gasteiger partial charge on any atom is 0.255 e. The molecule has 0 aliphatic carbocycles. The van der Waals surface area contributed by atoms with E-state index in [1.54, 1.807) is 23.5 Å². The number of H-pyrrole nitrogens is 1. The van der Waals surface area contributed by atoms with Gasteiger partial charge in [-0.05, 0) is 36.4 Å². The molecule has 1 aliphatic heterocycles. The molecule has 3 rings (SSSR count). The van der Waals surface area contributed by atoms with Crippen LogP contribution in [0.3, 0.4) is 0 Å². The quantitative estimate of drug-likeness (QED) is 0.878. The molecule has 6 heteroatoms. The maximum atomic E-state index is 12.0. The molecule has 0 radical (unpaired) electrons. The van der Waals surface area contributed by atoms with E-state index in [1.165, 1.54) is 0 Å². The van der Waals surface area contributed by atoms with Crippen molar-refractivity contribution in [2.45, 2.75) is 22.8 Å². The zero-order chi connectivity index (χ0) is 13.9. The van der Waals surface area contributed by atoms with E-state index in [4.69, 9.17) is 11.6 Å². The number of aromatic amines is 1. The first-order valence-corrected chi connectivity index (χ1v) is 8.81. The van der Waals surface area contributed by atoms with Gasteiger partial charge in [-0.2, -0.15) is 11.8 Å². The van der Waals surface area contributed by atoms with Gasteiger partial charge in [0.05, 0.1) is 11.4 Å². The van der Waals surface area contributed by atoms with Gasteiger partial charge in [0, 0.05) is 21.2 Å². The van der Waals surface area contributed by atoms with Crippen LogP contribution in [0, 0.1) is 0 Å². The molecule has 3 nitrogen and oxygen atoms in total. The minimum atomic E-state index is 0.0221. The Bertz CT molecular complexity index is 670. The van der Waals surface area contributed by atoms with Gasteiger partial charge in [0.25, 0.3) is 5.56 Å². The highest BCUT2D eigenvalue weighted by Crippen LogP contribution is 2.24. The van der Waals surface area contributed by atoms with E-state index in [0.29, 0.717) is 5.75 Å². The third-order valence-corrected chi connectivity index (χ3v) is 5.33. The molecule has 0 saturated heterocycles. The van der Waals surface area contributed by atoms with Gasteiger partial charge in [0.15, 0.2) is 0 Å². The van der Waals surface area contributed by atoms with Crippen LogP contribution in [0.15, 0.2) is 34.0 Å². The van der Waals surface area contributed by atoms with Crippen LogP contribution in [-0.2, 0) is 17.9 Å². The van der Waals surface area contributed by atoms with Crippen LogP contribution in [0.4, 0.5) is 0 Å². The summed E-state index contributed by atoms with van der Waals surface area (Å²) in [6, 6.07) is 7.68. The van der Waals surface area contributed by atoms with Crippen LogP contribution in [0.1, 0.15) is 17.1 Å². The SMILES string of the molecule is O=c1[nH]c(CSc2ccc(Cl)cc2)nc2c1CSCC2. The fourth-order valence-electron chi connectivity index (χ4n) is 2.05. The van der Waals surface area contributed by atoms with Crippen LogP contribution in [0.2, 0.25) is 5.02 Å². The van der Waals surface area contributed by atoms with Gasteiger partial charge in [-0.3, -0.25) is 4.79 Å². The zero-order valence-corrected chi connectivity index (χ0v) is 13.1. The second-order valence-corrected chi connectivity index (χ2v) is 7.07. The molecule has 1 N–H and O–H groups in total. The predicted molar refractivity (Wildman–Crippen MR) is 85.7 cm³/mol. The van der Waals surface area contributed by atoms with E-state index in [-0.39, 0.29) is 5.56 Å². The van der Waals surface area contributed by atoms with E-state index < -0.39 is 0 Å². The van der Waals surface area contributed by atoms with Crippen molar-refractivity contribution in [2.75, 3.05) is 5.75 Å². The number of nitrogens with zero attached hydrogens (tertiary/aromatic N) is 1. The summed E-state index contributed by atoms with van der Waals surface area (Å²) < 4.78 is 0. The molecule has 0 saturated carbocycles. The minimum absolute atomic E-state index is 0.0221. The molecular weight excluding hydrogens is 312 g/mol. The van der Waals surface area contributed by atoms with Crippen LogP contribution in [-0.4, -0.2) is 15.7 Å². The summed E-state index contributed by atoms with van der Waals surface area (Å²) in [5, 5.41) is 0.729. The normalized spacial score (nSPS) is 14.1. The summed E-state index contributed by atoms with van der Waals surface area (Å²) in [5.74, 6) is 3.24. The van der Waals surface area contributed by atoms with E-state index in [1.807, 2.05) is 24.3 Å². The average Bonchev–Trinajstić information content (AvgIpc) is 2.47. The molecule has 0 unspecified atom stereocenters. The number of aryl methyl sites for hydroxylation is 1. The maximum absolute atomic E-state index is 12.0. The highest BCUT2D eigenvalue weighted by Gasteiger charge is 2.15. The Kier molecular flexibility index (Phi) is 4.38. The van der Waals surface area contributed by atoms with Crippen LogP contribution in [0.5, 0.6) is 0 Å². The van der Waals surface area contributed by atoms with Gasteiger partial charge in [-0.15, -0.1) is 11.8 Å². The molecule has 1 aliphatic rings. The van der Waals surface area contributed by atoms with Crippen molar-refractivity contribution in [1.82, 2.24) is 9.97 Å². The fraction of sp³-hybridized carbons (Fsp3) is 0.286. The lowest BCUT2D eigenvalue weighted by Gasteiger charge is -2.14. The summed E-state index contributed by atoms with van der Waals surface area (Å²) in [7, 11) is 0. The molecule has 1 aromatic carbocycles. The molecule has 0 atom stereocenters. The summed E-state index contributed by atoms with van der Waals surface area (Å²) in [6.07, 6.45) is 0.891. The number of hydrogen-bond donors (Lipinski definition) is 1. The van der Waals surface area contributed by atoms with Gasteiger partial charge in [0.2, 0.25) is 0 Å². The van der Waals surface area contributed by atoms with E-state index in [0.717, 1.165) is 44.9 Å². The number of aromatic nitrogens is 2. The average molecular weight is 325 g/mol. The number of halogens is 1. The Labute approximate surface area is 130 Å². The van der Waals surface area contributed by atoms with Gasteiger partial charge < -0.3 is 4.98 Å². The Morgan fingerprint density at radius 2 is 2.15 bits per heavy atom. The van der Waals surface area contributed by atoms with E-state index in [9.17, 15) is 4.79 Å². The Morgan fingerprint density at radius 1 is 1.35 bits per heavy atom. The van der Waals surface area contributed by atoms with Gasteiger partial charge in [-0.1, -0.05) is 11.6 Å². The first kappa shape index (κ1) is 14.0. The summed E-state index contributed by atoms with van der Waals surface area (Å²) in [4.78, 5) is 20.6. The summed E-state index contributed by atoms with van der Waals surface area (Å²) in [6.45, 7) is 0. The van der Waals surface area contributed by atoms with Crippen molar-refractivity contribution in [3.63, 3.8) is 0 Å². The highest BCUT2D eigenvalue weighted by molar-refractivity contribution is 7.98. The first-order chi connectivity index (χ1) is 9.72. The third kappa shape index (κ3) is 3.22. The number of benzene rings is 1. The Balaban J connectivity index is 1.76. The Morgan fingerprint density at radius 3 is 2.95 bits per heavy atom. The summed E-state index contributed by atoms with van der Waals surface area (Å²) >= 11 is 9.29. The van der Waals surface area contributed by atoms with Crippen LogP contribution in [0.25, 0.3) is 0 Å². The van der Waals surface area contributed by atoms with Gasteiger partial charge in [0.1, 0.15) is 5.82 Å². The standard InChI is InChI=1S/C14H13ClN2OS2/c15-9-1-3-10(4-2-9)20-8-13-16-12-5-6-19-7-11(12)14(18)17-13/h1-4H,5-8H2,(H,16,17,18). The molecule has 0 fully saturated rings. The third-order valence-electron chi connectivity index (χ3n) is 3.07. The number of thioether (sulfide) groups is 2. The summed E-state index contributed by atoms with van der Waals surface area (Å²) in [5.41, 5.74) is 1.84. The molecular formula is C14H13ClN2OS2. The molecule has 104 valence electrons. The van der Waals surface area contributed by atoms with Crippen molar-refractivity contribution in [2.24, 2.45) is 0 Å². The highest BCUT2D eigenvalue weighted by atomic mass is 35.5. The molecule has 1 aromatic heterocycles. The number of nitrogens with one attached hydrogen (secondary N) is 1. The monoisotopic (exact) mass is 324 g/mol. The first-order valence-electron chi connectivity index (χ1n) is 6.29. The number of hydrogen-bond acceptors (Lipinski definition) is 4. The molecule has 0 amide bonds. The number of rotatable bonds is 3. The van der Waals surface area contributed by atoms with Crippen molar-refractivity contribution in [3.8, 4) is 0 Å². The largest absolute Gasteiger partial charge is 0.310 e. The second kappa shape index (κ2) is 6.24. The smallest absolute Gasteiger partial charge is 0.255 e. The second-order valence-electron chi connectivity index (χ2n) is 4.48. The van der Waals surface area contributed by atoms with Crippen LogP contribution < -0.4 is 5.56 Å². The molecule has 2 heterocycles. The van der Waals surface area contributed by atoms with Crippen molar-refractivity contribution >= 4 is 35.1 Å².